The Hall–Kier alpha value is -0.300. The van der Waals surface area contributed by atoms with Crippen molar-refractivity contribution in [3.63, 3.8) is 0 Å². The summed E-state index contributed by atoms with van der Waals surface area (Å²) in [4.78, 5) is 2.98. The molecule has 3 saturated carbocycles. The molecule has 0 bridgehead atoms. The molecule has 2 aliphatic heterocycles. The fourth-order valence-corrected chi connectivity index (χ4v) is 10.1. The Morgan fingerprint density at radius 3 is 2.50 bits per heavy atom. The lowest BCUT2D eigenvalue weighted by molar-refractivity contribution is -0.0724. The summed E-state index contributed by atoms with van der Waals surface area (Å²) in [5.74, 6) is 9.22. The highest BCUT2D eigenvalue weighted by atomic mass is 15.2. The third-order valence-corrected chi connectivity index (χ3v) is 11.5. The highest BCUT2D eigenvalue weighted by Gasteiger charge is 2.60. The molecule has 28 heavy (non-hydrogen) atoms. The van der Waals surface area contributed by atoms with Crippen LogP contribution < -0.4 is 0 Å². The summed E-state index contributed by atoms with van der Waals surface area (Å²) in [5, 5.41) is 0. The number of hydrogen-bond acceptors (Lipinski definition) is 1. The van der Waals surface area contributed by atoms with E-state index in [1.165, 1.54) is 45.2 Å². The van der Waals surface area contributed by atoms with Crippen LogP contribution in [0.15, 0.2) is 12.2 Å². The van der Waals surface area contributed by atoms with E-state index < -0.39 is 0 Å². The maximum Gasteiger partial charge on any atom is 0.0124 e. The van der Waals surface area contributed by atoms with Gasteiger partial charge in [0.25, 0.3) is 0 Å². The summed E-state index contributed by atoms with van der Waals surface area (Å²) >= 11 is 0. The van der Waals surface area contributed by atoms with Gasteiger partial charge in [-0.3, -0.25) is 4.90 Å². The average molecular weight is 382 g/mol. The lowest BCUT2D eigenvalue weighted by Gasteiger charge is -2.56. The molecule has 0 spiro atoms. The van der Waals surface area contributed by atoms with Crippen LogP contribution >= 0.6 is 0 Å². The van der Waals surface area contributed by atoms with Gasteiger partial charge in [-0.1, -0.05) is 32.9 Å². The minimum atomic E-state index is 0.632. The number of nitrogens with zero attached hydrogens (tertiary/aromatic N) is 1. The summed E-state index contributed by atoms with van der Waals surface area (Å²) < 4.78 is 0. The zero-order chi connectivity index (χ0) is 19.0. The number of fused-ring (bicyclic) bond motifs is 8. The van der Waals surface area contributed by atoms with Crippen molar-refractivity contribution in [3.05, 3.63) is 12.2 Å². The van der Waals surface area contributed by atoms with Crippen LogP contribution in [0.4, 0.5) is 0 Å². The number of piperidine rings is 2. The van der Waals surface area contributed by atoms with Crippen LogP contribution in [0, 0.1) is 58.7 Å². The molecule has 6 aliphatic rings. The maximum atomic E-state index is 2.98. The minimum Gasteiger partial charge on any atom is -0.300 e. The molecule has 2 heterocycles. The molecule has 5 fully saturated rings. The zero-order valence-electron chi connectivity index (χ0n) is 18.7. The molecule has 0 N–H and O–H groups in total. The van der Waals surface area contributed by atoms with E-state index >= 15 is 0 Å². The first-order valence-corrected chi connectivity index (χ1v) is 13.0. The van der Waals surface area contributed by atoms with Crippen LogP contribution in [-0.4, -0.2) is 24.0 Å². The van der Waals surface area contributed by atoms with Gasteiger partial charge in [0.05, 0.1) is 0 Å². The fraction of sp³-hybridized carbons (Fsp3) is 0.926. The third-order valence-electron chi connectivity index (χ3n) is 11.5. The van der Waals surface area contributed by atoms with Crippen LogP contribution in [0.2, 0.25) is 0 Å². The first-order valence-electron chi connectivity index (χ1n) is 13.0. The van der Waals surface area contributed by atoms with E-state index in [1.807, 2.05) is 0 Å². The molecule has 156 valence electrons. The van der Waals surface area contributed by atoms with Crippen molar-refractivity contribution >= 4 is 0 Å². The molecule has 4 aliphatic carbocycles. The number of hydrogen-bond donors (Lipinski definition) is 0. The number of allylic oxidation sites excluding steroid dienone is 2. The van der Waals surface area contributed by atoms with Crippen LogP contribution in [0.3, 0.4) is 0 Å². The standard InChI is InChI=1S/C27H43N/c1-17-7-12-26-18(2)20-10-11-21-22-9-8-19-6-4-5-13-27(19,3)25(22)14-23(21)24(20)16-28(26)15-17/h4-5,17-26H,6-16H2,1-3H3/t17-,18+,19?,20+,21-,22-,23+,24+,25-,26-,27-/m0/s1. The molecular formula is C27H43N. The molecule has 11 atom stereocenters. The summed E-state index contributed by atoms with van der Waals surface area (Å²) in [6, 6.07) is 0.920. The van der Waals surface area contributed by atoms with Crippen LogP contribution in [0.1, 0.15) is 78.6 Å². The fourth-order valence-electron chi connectivity index (χ4n) is 10.1. The van der Waals surface area contributed by atoms with Gasteiger partial charge in [-0.05, 0) is 116 Å². The Kier molecular flexibility index (Phi) is 4.35. The van der Waals surface area contributed by atoms with Gasteiger partial charge < -0.3 is 0 Å². The molecule has 0 aromatic rings. The van der Waals surface area contributed by atoms with E-state index in [9.17, 15) is 0 Å². The largest absolute Gasteiger partial charge is 0.300 e. The molecule has 0 radical (unpaired) electrons. The smallest absolute Gasteiger partial charge is 0.0124 e. The predicted octanol–water partition coefficient (Wildman–Crippen LogP) is 6.40. The molecule has 0 aromatic heterocycles. The minimum absolute atomic E-state index is 0.632. The Morgan fingerprint density at radius 1 is 0.786 bits per heavy atom. The second-order valence-electron chi connectivity index (χ2n) is 12.5. The summed E-state index contributed by atoms with van der Waals surface area (Å²) in [5.41, 5.74) is 0.632. The van der Waals surface area contributed by atoms with Gasteiger partial charge in [-0.15, -0.1) is 0 Å². The molecule has 1 heteroatoms. The Labute approximate surface area is 173 Å². The highest BCUT2D eigenvalue weighted by Crippen LogP contribution is 2.66. The predicted molar refractivity (Wildman–Crippen MR) is 117 cm³/mol. The normalized spacial score (nSPS) is 58.2. The Bertz CT molecular complexity index is 636. The lowest BCUT2D eigenvalue weighted by Crippen LogP contribution is -2.58. The van der Waals surface area contributed by atoms with Crippen molar-refractivity contribution in [2.24, 2.45) is 58.7 Å². The van der Waals surface area contributed by atoms with Crippen molar-refractivity contribution in [2.75, 3.05) is 13.1 Å². The quantitative estimate of drug-likeness (QED) is 0.439. The molecule has 6 rings (SSSR count). The van der Waals surface area contributed by atoms with Gasteiger partial charge >= 0.3 is 0 Å². The Balaban J connectivity index is 1.28. The number of rotatable bonds is 0. The van der Waals surface area contributed by atoms with Gasteiger partial charge in [0.15, 0.2) is 0 Å². The van der Waals surface area contributed by atoms with Gasteiger partial charge in [-0.2, -0.15) is 0 Å². The first-order chi connectivity index (χ1) is 13.6. The summed E-state index contributed by atoms with van der Waals surface area (Å²) in [6.45, 7) is 10.7. The lowest BCUT2D eigenvalue weighted by atomic mass is 9.53. The van der Waals surface area contributed by atoms with Gasteiger partial charge in [0, 0.05) is 19.1 Å². The van der Waals surface area contributed by atoms with Crippen molar-refractivity contribution in [2.45, 2.75) is 84.6 Å². The van der Waals surface area contributed by atoms with Crippen LogP contribution in [-0.2, 0) is 0 Å². The van der Waals surface area contributed by atoms with E-state index in [4.69, 9.17) is 0 Å². The highest BCUT2D eigenvalue weighted by molar-refractivity contribution is 5.13. The van der Waals surface area contributed by atoms with Crippen LogP contribution in [0.5, 0.6) is 0 Å². The van der Waals surface area contributed by atoms with E-state index in [2.05, 4.69) is 37.8 Å². The monoisotopic (exact) mass is 381 g/mol. The van der Waals surface area contributed by atoms with E-state index in [-0.39, 0.29) is 0 Å². The molecule has 0 aromatic carbocycles. The molecule has 0 amide bonds. The second-order valence-corrected chi connectivity index (χ2v) is 12.5. The topological polar surface area (TPSA) is 3.24 Å². The van der Waals surface area contributed by atoms with E-state index in [1.54, 1.807) is 25.7 Å². The molecule has 1 nitrogen and oxygen atoms in total. The zero-order valence-corrected chi connectivity index (χ0v) is 18.7. The van der Waals surface area contributed by atoms with E-state index in [0.717, 1.165) is 59.3 Å². The average Bonchev–Trinajstić information content (AvgIpc) is 3.08. The molecular weight excluding hydrogens is 338 g/mol. The summed E-state index contributed by atoms with van der Waals surface area (Å²) in [7, 11) is 0. The third kappa shape index (κ3) is 2.53. The maximum absolute atomic E-state index is 2.98. The van der Waals surface area contributed by atoms with Crippen molar-refractivity contribution in [1.82, 2.24) is 4.90 Å². The first kappa shape index (κ1) is 18.5. The molecule has 2 saturated heterocycles. The second kappa shape index (κ2) is 6.60. The van der Waals surface area contributed by atoms with E-state index in [0.29, 0.717) is 5.41 Å². The van der Waals surface area contributed by atoms with Gasteiger partial charge in [0.2, 0.25) is 0 Å². The Morgan fingerprint density at radius 2 is 1.61 bits per heavy atom. The summed E-state index contributed by atoms with van der Waals surface area (Å²) in [6.07, 6.45) is 18.6. The SMILES string of the molecule is C[C@H]1CC[C@H]2[C@H](C)[C@H]3CC[C@@H]4[C@@H](C[C@H]5[C@H]4CCC4CC=CC[C@@]45C)[C@@H]3CN2C1. The van der Waals surface area contributed by atoms with Gasteiger partial charge in [0.1, 0.15) is 0 Å². The van der Waals surface area contributed by atoms with Crippen molar-refractivity contribution in [1.29, 1.82) is 0 Å². The van der Waals surface area contributed by atoms with Crippen molar-refractivity contribution in [3.8, 4) is 0 Å². The van der Waals surface area contributed by atoms with Gasteiger partial charge in [-0.25, -0.2) is 0 Å². The van der Waals surface area contributed by atoms with Crippen LogP contribution in [0.25, 0.3) is 0 Å². The molecule has 1 unspecified atom stereocenters. The van der Waals surface area contributed by atoms with Crippen molar-refractivity contribution < 1.29 is 0 Å².